The van der Waals surface area contributed by atoms with Crippen LogP contribution in [0.25, 0.3) is 10.4 Å². The van der Waals surface area contributed by atoms with E-state index in [-0.39, 0.29) is 53.1 Å². The van der Waals surface area contributed by atoms with E-state index >= 15 is 0 Å². The van der Waals surface area contributed by atoms with E-state index < -0.39 is 12.1 Å². The molecular weight excluding hydrogens is 394 g/mol. The lowest BCUT2D eigenvalue weighted by Gasteiger charge is -2.63. The average molecular weight is 434 g/mol. The maximum absolute atomic E-state index is 11.5. The first kappa shape index (κ1) is 22.9. The van der Waals surface area contributed by atoms with Crippen molar-refractivity contribution in [2.75, 3.05) is 0 Å². The van der Waals surface area contributed by atoms with Crippen molar-refractivity contribution < 1.29 is 20.1 Å². The lowest BCUT2D eigenvalue weighted by atomic mass is 9.43. The number of carbonyl (C=O) groups is 1. The minimum Gasteiger partial charge on any atom is -0.481 e. The highest BCUT2D eigenvalue weighted by Crippen LogP contribution is 2.68. The van der Waals surface area contributed by atoms with Gasteiger partial charge in [0.05, 0.1) is 12.2 Å². The van der Waals surface area contributed by atoms with Gasteiger partial charge in [0.1, 0.15) is 0 Å². The Hall–Kier alpha value is -1.30. The van der Waals surface area contributed by atoms with E-state index in [1.807, 2.05) is 0 Å². The van der Waals surface area contributed by atoms with Crippen LogP contribution in [0.15, 0.2) is 5.11 Å². The standard InChI is InChI=1S/C24H39N3O4/c1-13(4-7-21(30)31)16-5-6-17-22-18(12-20(29)24(16,17)3)23(2)9-8-15(26-27-25)10-14(23)11-19(22)28/h13-20,22,28-29H,4-12H2,1-3H3,(H,30,31)/t13-,14+,15-,16-,17+,18+,19-,20+,22+,23+,24-/m1/s1. The van der Waals surface area contributed by atoms with Crippen LogP contribution in [0, 0.1) is 46.3 Å². The van der Waals surface area contributed by atoms with Crippen LogP contribution in [-0.4, -0.2) is 39.5 Å². The molecule has 4 aliphatic rings. The Kier molecular flexibility index (Phi) is 6.08. The monoisotopic (exact) mass is 433 g/mol. The van der Waals surface area contributed by atoms with Gasteiger partial charge in [-0.1, -0.05) is 25.9 Å². The molecule has 0 radical (unpaired) electrons. The number of carboxylic acid groups (broad SMARTS) is 1. The molecule has 31 heavy (non-hydrogen) atoms. The predicted molar refractivity (Wildman–Crippen MR) is 117 cm³/mol. The van der Waals surface area contributed by atoms with Crippen LogP contribution in [0.4, 0.5) is 0 Å². The third-order valence-electron chi connectivity index (χ3n) is 10.5. The van der Waals surface area contributed by atoms with Crippen LogP contribution in [0.2, 0.25) is 0 Å². The Morgan fingerprint density at radius 1 is 1.16 bits per heavy atom. The number of aliphatic carboxylic acids is 1. The minimum atomic E-state index is -0.756. The van der Waals surface area contributed by atoms with Crippen molar-refractivity contribution in [3.63, 3.8) is 0 Å². The van der Waals surface area contributed by atoms with Crippen LogP contribution in [-0.2, 0) is 4.79 Å². The molecule has 0 unspecified atom stereocenters. The van der Waals surface area contributed by atoms with E-state index in [4.69, 9.17) is 10.6 Å². The Labute approximate surface area is 185 Å². The second kappa shape index (κ2) is 8.24. The van der Waals surface area contributed by atoms with Crippen molar-refractivity contribution in [3.05, 3.63) is 10.4 Å². The van der Waals surface area contributed by atoms with Crippen LogP contribution in [0.1, 0.15) is 78.6 Å². The van der Waals surface area contributed by atoms with E-state index in [1.165, 1.54) is 0 Å². The lowest BCUT2D eigenvalue weighted by Crippen LogP contribution is -2.62. The summed E-state index contributed by atoms with van der Waals surface area (Å²) in [5.74, 6) is 0.884. The first-order valence-corrected chi connectivity index (χ1v) is 12.2. The largest absolute Gasteiger partial charge is 0.481 e. The van der Waals surface area contributed by atoms with Crippen molar-refractivity contribution in [3.8, 4) is 0 Å². The quantitative estimate of drug-likeness (QED) is 0.328. The van der Waals surface area contributed by atoms with Crippen molar-refractivity contribution in [2.45, 2.75) is 96.8 Å². The smallest absolute Gasteiger partial charge is 0.303 e. The fourth-order valence-electron chi connectivity index (χ4n) is 8.86. The number of aliphatic hydroxyl groups is 2. The first-order valence-electron chi connectivity index (χ1n) is 12.2. The topological polar surface area (TPSA) is 127 Å². The molecule has 0 aromatic heterocycles. The maximum atomic E-state index is 11.5. The summed E-state index contributed by atoms with van der Waals surface area (Å²) in [7, 11) is 0. The Balaban J connectivity index is 1.59. The van der Waals surface area contributed by atoms with Crippen molar-refractivity contribution in [1.29, 1.82) is 0 Å². The van der Waals surface area contributed by atoms with E-state index in [0.29, 0.717) is 18.3 Å². The van der Waals surface area contributed by atoms with E-state index in [1.54, 1.807) is 0 Å². The number of azide groups is 1. The van der Waals surface area contributed by atoms with Gasteiger partial charge in [-0.25, -0.2) is 0 Å². The second-order valence-corrected chi connectivity index (χ2v) is 11.6. The van der Waals surface area contributed by atoms with Crippen LogP contribution < -0.4 is 0 Å². The molecule has 4 fully saturated rings. The van der Waals surface area contributed by atoms with Gasteiger partial charge in [0.25, 0.3) is 0 Å². The van der Waals surface area contributed by atoms with Gasteiger partial charge in [0.15, 0.2) is 0 Å². The SMILES string of the molecule is C[C@H](CCC(=O)O)[C@H]1CC[C@H]2[C@@H]3[C@H](O)C[C@@H]4C[C@H](N=[N+]=[N-])CC[C@]4(C)[C@H]3C[C@H](O)[C@]12C. The number of fused-ring (bicyclic) bond motifs is 5. The Morgan fingerprint density at radius 2 is 1.90 bits per heavy atom. The normalized spacial score (nSPS) is 49.8. The van der Waals surface area contributed by atoms with E-state index in [0.717, 1.165) is 44.9 Å². The molecule has 0 heterocycles. The highest BCUT2D eigenvalue weighted by atomic mass is 16.4. The van der Waals surface area contributed by atoms with Gasteiger partial charge in [0.2, 0.25) is 0 Å². The van der Waals surface area contributed by atoms with Gasteiger partial charge < -0.3 is 15.3 Å². The fraction of sp³-hybridized carbons (Fsp3) is 0.958. The molecule has 4 rings (SSSR count). The highest BCUT2D eigenvalue weighted by Gasteiger charge is 2.65. The molecule has 0 aromatic rings. The molecule has 0 spiro atoms. The molecular formula is C24H39N3O4. The van der Waals surface area contributed by atoms with Gasteiger partial charge >= 0.3 is 5.97 Å². The zero-order valence-electron chi connectivity index (χ0n) is 19.2. The molecule has 4 saturated carbocycles. The number of hydrogen-bond donors (Lipinski definition) is 3. The summed E-state index contributed by atoms with van der Waals surface area (Å²) in [5.41, 5.74) is 8.68. The van der Waals surface area contributed by atoms with Gasteiger partial charge in [-0.05, 0) is 103 Å². The molecule has 11 atom stereocenters. The van der Waals surface area contributed by atoms with Crippen LogP contribution >= 0.6 is 0 Å². The molecule has 7 heteroatoms. The minimum absolute atomic E-state index is 0.0246. The van der Waals surface area contributed by atoms with Crippen molar-refractivity contribution in [2.24, 2.45) is 51.5 Å². The summed E-state index contributed by atoms with van der Waals surface area (Å²) in [6.45, 7) is 6.71. The van der Waals surface area contributed by atoms with E-state index in [2.05, 4.69) is 30.8 Å². The third kappa shape index (κ3) is 3.57. The van der Waals surface area contributed by atoms with Gasteiger partial charge in [-0.2, -0.15) is 0 Å². The summed E-state index contributed by atoms with van der Waals surface area (Å²) in [4.78, 5) is 14.1. The molecule has 3 N–H and O–H groups in total. The van der Waals surface area contributed by atoms with Crippen molar-refractivity contribution >= 4 is 5.97 Å². The van der Waals surface area contributed by atoms with Gasteiger partial charge in [-0.3, -0.25) is 4.79 Å². The van der Waals surface area contributed by atoms with E-state index in [9.17, 15) is 15.0 Å². The predicted octanol–water partition coefficient (Wildman–Crippen LogP) is 4.77. The van der Waals surface area contributed by atoms with Crippen LogP contribution in [0.3, 0.4) is 0 Å². The third-order valence-corrected chi connectivity index (χ3v) is 10.5. The zero-order valence-corrected chi connectivity index (χ0v) is 19.2. The van der Waals surface area contributed by atoms with Crippen molar-refractivity contribution in [1.82, 2.24) is 0 Å². The highest BCUT2D eigenvalue weighted by molar-refractivity contribution is 5.66. The summed E-state index contributed by atoms with van der Waals surface area (Å²) in [5, 5.41) is 36.0. The first-order chi connectivity index (χ1) is 14.6. The number of carboxylic acids is 1. The maximum Gasteiger partial charge on any atom is 0.303 e. The molecule has 0 aromatic carbocycles. The molecule has 0 saturated heterocycles. The van der Waals surface area contributed by atoms with Crippen LogP contribution in [0.5, 0.6) is 0 Å². The number of rotatable bonds is 5. The molecule has 0 aliphatic heterocycles. The zero-order chi connectivity index (χ0) is 22.6. The summed E-state index contributed by atoms with van der Waals surface area (Å²) in [6.07, 6.45) is 6.24. The molecule has 0 bridgehead atoms. The number of nitrogens with zero attached hydrogens (tertiary/aromatic N) is 3. The summed E-state index contributed by atoms with van der Waals surface area (Å²) >= 11 is 0. The average Bonchev–Trinajstić information content (AvgIpc) is 3.07. The molecule has 7 nitrogen and oxygen atoms in total. The fourth-order valence-corrected chi connectivity index (χ4v) is 8.86. The molecule has 174 valence electrons. The lowest BCUT2D eigenvalue weighted by molar-refractivity contribution is -0.202. The molecule has 4 aliphatic carbocycles. The summed E-state index contributed by atoms with van der Waals surface area (Å²) < 4.78 is 0. The molecule has 0 amide bonds. The van der Waals surface area contributed by atoms with Gasteiger partial charge in [0, 0.05) is 17.4 Å². The Bertz CT molecular complexity index is 755. The van der Waals surface area contributed by atoms with Gasteiger partial charge in [-0.15, -0.1) is 0 Å². The number of aliphatic hydroxyl groups excluding tert-OH is 2. The Morgan fingerprint density at radius 3 is 2.58 bits per heavy atom. The number of hydrogen-bond acceptors (Lipinski definition) is 4. The second-order valence-electron chi connectivity index (χ2n) is 11.6. The summed E-state index contributed by atoms with van der Waals surface area (Å²) in [6, 6.07) is 0.0246.